The van der Waals surface area contributed by atoms with E-state index in [9.17, 15) is 4.39 Å². The fourth-order valence-electron chi connectivity index (χ4n) is 3.91. The maximum absolute atomic E-state index is 12.9. The van der Waals surface area contributed by atoms with E-state index in [2.05, 4.69) is 39.2 Å². The number of thiophene rings is 1. The van der Waals surface area contributed by atoms with Gasteiger partial charge in [-0.25, -0.2) is 14.4 Å². The Bertz CT molecular complexity index is 722. The molecule has 0 bridgehead atoms. The fourth-order valence-corrected chi connectivity index (χ4v) is 4.84. The molecule has 0 aromatic carbocycles. The van der Waals surface area contributed by atoms with E-state index in [4.69, 9.17) is 4.74 Å². The number of piperidine rings is 1. The summed E-state index contributed by atoms with van der Waals surface area (Å²) in [5, 5.41) is 3.28. The van der Waals surface area contributed by atoms with Gasteiger partial charge in [-0.1, -0.05) is 0 Å². The van der Waals surface area contributed by atoms with Crippen molar-refractivity contribution in [3.05, 3.63) is 40.1 Å². The molecule has 2 fully saturated rings. The van der Waals surface area contributed by atoms with Gasteiger partial charge in [0.15, 0.2) is 5.82 Å². The molecule has 2 aromatic rings. The molecule has 2 aliphatic rings. The molecule has 1 N–H and O–H groups in total. The highest BCUT2D eigenvalue weighted by Gasteiger charge is 2.43. The van der Waals surface area contributed by atoms with Crippen molar-refractivity contribution >= 4 is 17.3 Å². The molecule has 25 heavy (non-hydrogen) atoms. The van der Waals surface area contributed by atoms with Gasteiger partial charge in [-0.2, -0.15) is 0 Å². The molecule has 0 saturated carbocycles. The van der Waals surface area contributed by atoms with Gasteiger partial charge < -0.3 is 10.1 Å². The minimum Gasteiger partial charge on any atom is -0.371 e. The Morgan fingerprint density at radius 3 is 3.00 bits per heavy atom. The van der Waals surface area contributed by atoms with Crippen LogP contribution in [-0.4, -0.2) is 46.2 Å². The Kier molecular flexibility index (Phi) is 4.71. The second-order valence-corrected chi connectivity index (χ2v) is 8.46. The fraction of sp³-hybridized carbons (Fsp3) is 0.556. The third-order valence-corrected chi connectivity index (χ3v) is 5.94. The van der Waals surface area contributed by atoms with Crippen molar-refractivity contribution in [3.8, 4) is 0 Å². The van der Waals surface area contributed by atoms with Crippen molar-refractivity contribution in [3.63, 3.8) is 0 Å². The van der Waals surface area contributed by atoms with E-state index in [-0.39, 0.29) is 11.6 Å². The average Bonchev–Trinajstić information content (AvgIpc) is 3.16. The molecule has 2 atom stereocenters. The lowest BCUT2D eigenvalue weighted by Gasteiger charge is -2.39. The van der Waals surface area contributed by atoms with Gasteiger partial charge in [0.2, 0.25) is 5.95 Å². The maximum Gasteiger partial charge on any atom is 0.223 e. The van der Waals surface area contributed by atoms with Gasteiger partial charge >= 0.3 is 0 Å². The van der Waals surface area contributed by atoms with Crippen LogP contribution in [0.5, 0.6) is 0 Å². The third kappa shape index (κ3) is 3.99. The molecule has 7 heteroatoms. The Balaban J connectivity index is 1.36. The zero-order chi connectivity index (χ0) is 17.3. The molecule has 5 nitrogen and oxygen atoms in total. The molecule has 0 radical (unpaired) electrons. The number of anilines is 1. The molecule has 4 rings (SSSR count). The highest BCUT2D eigenvalue weighted by molar-refractivity contribution is 7.11. The van der Waals surface area contributed by atoms with Gasteiger partial charge in [-0.05, 0) is 38.4 Å². The van der Waals surface area contributed by atoms with E-state index in [0.29, 0.717) is 12.6 Å². The lowest BCUT2D eigenvalue weighted by Crippen LogP contribution is -2.47. The minimum absolute atomic E-state index is 0.0811. The smallest absolute Gasteiger partial charge is 0.223 e. The number of rotatable bonds is 4. The van der Waals surface area contributed by atoms with Crippen LogP contribution >= 0.6 is 11.3 Å². The van der Waals surface area contributed by atoms with Crippen molar-refractivity contribution in [1.82, 2.24) is 14.9 Å². The summed E-state index contributed by atoms with van der Waals surface area (Å²) in [7, 11) is 0. The minimum atomic E-state index is -0.420. The lowest BCUT2D eigenvalue weighted by molar-refractivity contribution is -0.0531. The van der Waals surface area contributed by atoms with Crippen LogP contribution < -0.4 is 5.32 Å². The summed E-state index contributed by atoms with van der Waals surface area (Å²) < 4.78 is 19.2. The monoisotopic (exact) mass is 362 g/mol. The Morgan fingerprint density at radius 2 is 2.24 bits per heavy atom. The molecule has 1 spiro atoms. The van der Waals surface area contributed by atoms with Crippen molar-refractivity contribution in [2.75, 3.05) is 25.0 Å². The SMILES string of the molecule is Cc1ccc(CN2CCC[C@]3(C[C@@H](Nc4ncc(F)cn4)CO3)C2)s1. The van der Waals surface area contributed by atoms with Crippen LogP contribution in [0.25, 0.3) is 0 Å². The van der Waals surface area contributed by atoms with Crippen LogP contribution in [0.4, 0.5) is 10.3 Å². The third-order valence-electron chi connectivity index (χ3n) is 4.96. The van der Waals surface area contributed by atoms with Gasteiger partial charge in [0.1, 0.15) is 0 Å². The number of aryl methyl sites for hydroxylation is 1. The number of halogens is 1. The summed E-state index contributed by atoms with van der Waals surface area (Å²) in [6.45, 7) is 5.89. The molecule has 2 aliphatic heterocycles. The normalized spacial score (nSPS) is 27.0. The molecule has 134 valence electrons. The van der Waals surface area contributed by atoms with E-state index >= 15 is 0 Å². The lowest BCUT2D eigenvalue weighted by atomic mass is 9.88. The standard InChI is InChI=1S/C18H23FN4OS/c1-13-3-4-16(25-13)10-23-6-2-5-18(12-23)7-15(11-24-18)22-17-20-8-14(19)9-21-17/h3-4,8-9,15H,2,5-7,10-12H2,1H3,(H,20,21,22)/t15-,18+/m1/s1. The number of hydrogen-bond acceptors (Lipinski definition) is 6. The van der Waals surface area contributed by atoms with Gasteiger partial charge in [-0.15, -0.1) is 11.3 Å². The summed E-state index contributed by atoms with van der Waals surface area (Å²) in [6, 6.07) is 4.59. The molecule has 2 saturated heterocycles. The van der Waals surface area contributed by atoms with Crippen molar-refractivity contribution in [1.29, 1.82) is 0 Å². The zero-order valence-electron chi connectivity index (χ0n) is 14.4. The first-order valence-corrected chi connectivity index (χ1v) is 9.58. The van der Waals surface area contributed by atoms with Gasteiger partial charge in [0, 0.05) is 29.3 Å². The molecular weight excluding hydrogens is 339 g/mol. The largest absolute Gasteiger partial charge is 0.371 e. The predicted molar refractivity (Wildman–Crippen MR) is 96.3 cm³/mol. The molecule has 4 heterocycles. The Morgan fingerprint density at radius 1 is 1.40 bits per heavy atom. The number of nitrogens with zero attached hydrogens (tertiary/aromatic N) is 3. The van der Waals surface area contributed by atoms with Crippen molar-refractivity contribution in [2.45, 2.75) is 44.4 Å². The first-order chi connectivity index (χ1) is 12.1. The Hall–Kier alpha value is -1.57. The Labute approximate surface area is 151 Å². The highest BCUT2D eigenvalue weighted by atomic mass is 32.1. The number of likely N-dealkylation sites (tertiary alicyclic amines) is 1. The van der Waals surface area contributed by atoms with Crippen LogP contribution in [0, 0.1) is 12.7 Å². The topological polar surface area (TPSA) is 50.3 Å². The van der Waals surface area contributed by atoms with Crippen molar-refractivity contribution in [2.24, 2.45) is 0 Å². The number of aromatic nitrogens is 2. The van der Waals surface area contributed by atoms with E-state index in [1.807, 2.05) is 11.3 Å². The summed E-state index contributed by atoms with van der Waals surface area (Å²) in [5.74, 6) is 0.0465. The van der Waals surface area contributed by atoms with Crippen LogP contribution in [0.2, 0.25) is 0 Å². The molecule has 2 aromatic heterocycles. The first kappa shape index (κ1) is 16.9. The average molecular weight is 362 g/mol. The maximum atomic E-state index is 12.9. The molecule has 0 unspecified atom stereocenters. The quantitative estimate of drug-likeness (QED) is 0.905. The van der Waals surface area contributed by atoms with Crippen LogP contribution in [0.15, 0.2) is 24.5 Å². The van der Waals surface area contributed by atoms with Gasteiger partial charge in [-0.3, -0.25) is 4.90 Å². The highest BCUT2D eigenvalue weighted by Crippen LogP contribution is 2.36. The predicted octanol–water partition coefficient (Wildman–Crippen LogP) is 3.22. The van der Waals surface area contributed by atoms with E-state index < -0.39 is 5.82 Å². The molecule has 0 amide bonds. The van der Waals surface area contributed by atoms with Crippen LogP contribution in [0.1, 0.15) is 29.0 Å². The van der Waals surface area contributed by atoms with Crippen LogP contribution in [-0.2, 0) is 11.3 Å². The van der Waals surface area contributed by atoms with E-state index in [0.717, 1.165) is 38.9 Å². The molecule has 0 aliphatic carbocycles. The number of nitrogens with one attached hydrogen (secondary N) is 1. The number of hydrogen-bond donors (Lipinski definition) is 1. The zero-order valence-corrected chi connectivity index (χ0v) is 15.2. The van der Waals surface area contributed by atoms with E-state index in [1.54, 1.807) is 0 Å². The van der Waals surface area contributed by atoms with Gasteiger partial charge in [0.25, 0.3) is 0 Å². The summed E-state index contributed by atoms with van der Waals surface area (Å²) in [5.41, 5.74) is -0.0811. The summed E-state index contributed by atoms with van der Waals surface area (Å²) >= 11 is 1.87. The first-order valence-electron chi connectivity index (χ1n) is 8.76. The number of ether oxygens (including phenoxy) is 1. The second-order valence-electron chi connectivity index (χ2n) is 7.09. The second kappa shape index (κ2) is 6.97. The van der Waals surface area contributed by atoms with Crippen molar-refractivity contribution < 1.29 is 9.13 Å². The molecular formula is C18H23FN4OS. The van der Waals surface area contributed by atoms with Crippen LogP contribution in [0.3, 0.4) is 0 Å². The summed E-state index contributed by atoms with van der Waals surface area (Å²) in [4.78, 5) is 13.3. The van der Waals surface area contributed by atoms with E-state index in [1.165, 1.54) is 22.1 Å². The summed E-state index contributed by atoms with van der Waals surface area (Å²) in [6.07, 6.45) is 5.56. The van der Waals surface area contributed by atoms with Gasteiger partial charge in [0.05, 0.1) is 30.6 Å².